The van der Waals surface area contributed by atoms with Crippen LogP contribution in [0.25, 0.3) is 197 Å². The molecule has 0 saturated heterocycles. The highest BCUT2D eigenvalue weighted by molar-refractivity contribution is 7.26. The van der Waals surface area contributed by atoms with E-state index in [1.165, 1.54) is 90.2 Å². The summed E-state index contributed by atoms with van der Waals surface area (Å²) in [4.78, 5) is 30.7. The van der Waals surface area contributed by atoms with Gasteiger partial charge in [-0.25, -0.2) is 29.9 Å². The molecule has 0 aliphatic carbocycles. The van der Waals surface area contributed by atoms with Gasteiger partial charge in [0, 0.05) is 58.8 Å². The average Bonchev–Trinajstić information content (AvgIpc) is 0.844. The molecular formula is C86H50N6OS. The fourth-order valence-corrected chi connectivity index (χ4v) is 15.5. The van der Waals surface area contributed by atoms with Crippen molar-refractivity contribution in [1.29, 1.82) is 0 Å². The molecule has 20 aromatic rings. The molecule has 0 unspecified atom stereocenters. The van der Waals surface area contributed by atoms with E-state index in [9.17, 15) is 0 Å². The molecule has 0 aliphatic rings. The van der Waals surface area contributed by atoms with E-state index >= 15 is 0 Å². The standard InChI is InChI=1S/C43H25N3O.C43H25N3S/c2*1-2-11-27(12-3-1)41-44-42(46-43(45-41)38-18-9-16-36-35-14-6-7-19-39(35)47-40(36)38)37-17-8-15-29-32-23-22-30-28-13-5-4-10-26(28)20-21-31(30)33(32)24-25-34(29)37/h2*1-25H. The second-order valence-corrected chi connectivity index (χ2v) is 25.0. The van der Waals surface area contributed by atoms with Gasteiger partial charge < -0.3 is 4.42 Å². The molecule has 94 heavy (non-hydrogen) atoms. The number of hydrogen-bond donors (Lipinski definition) is 0. The van der Waals surface area contributed by atoms with E-state index in [1.807, 2.05) is 78.9 Å². The van der Waals surface area contributed by atoms with E-state index in [-0.39, 0.29) is 0 Å². The highest BCUT2D eigenvalue weighted by Gasteiger charge is 2.22. The zero-order valence-electron chi connectivity index (χ0n) is 50.4. The SMILES string of the molecule is c1ccc(-c2nc(-c3cccc4c3ccc3c4ccc4c5ccccc5ccc43)nc(-c3cccc4c3oc3ccccc34)n2)cc1.c1ccc(-c2nc(-c3cccc4c3ccc3c4ccc4c5ccccc5ccc43)nc(-c3cccc4c3sc3ccccc34)n2)cc1. The molecule has 0 N–H and O–H groups in total. The van der Waals surface area contributed by atoms with Crippen LogP contribution in [0.4, 0.5) is 0 Å². The van der Waals surface area contributed by atoms with Gasteiger partial charge in [-0.1, -0.05) is 279 Å². The summed E-state index contributed by atoms with van der Waals surface area (Å²) in [7, 11) is 0. The average molecular weight is 1220 g/mol. The van der Waals surface area contributed by atoms with Gasteiger partial charge in [-0.3, -0.25) is 0 Å². The van der Waals surface area contributed by atoms with E-state index in [0.717, 1.165) is 71.5 Å². The fraction of sp³-hybridized carbons (Fsp3) is 0. The summed E-state index contributed by atoms with van der Waals surface area (Å²) in [5.41, 5.74) is 7.32. The second kappa shape index (κ2) is 21.7. The smallest absolute Gasteiger partial charge is 0.167 e. The Balaban J connectivity index is 0.000000133. The number of para-hydroxylation sites is 2. The first-order chi connectivity index (χ1) is 46.6. The molecule has 4 heterocycles. The van der Waals surface area contributed by atoms with Crippen molar-refractivity contribution in [2.24, 2.45) is 0 Å². The molecule has 7 nitrogen and oxygen atoms in total. The highest BCUT2D eigenvalue weighted by atomic mass is 32.1. The summed E-state index contributed by atoms with van der Waals surface area (Å²) in [6.07, 6.45) is 0. The van der Waals surface area contributed by atoms with Gasteiger partial charge in [0.25, 0.3) is 0 Å². The zero-order chi connectivity index (χ0) is 61.8. The lowest BCUT2D eigenvalue weighted by Crippen LogP contribution is -2.00. The lowest BCUT2D eigenvalue weighted by Gasteiger charge is -2.13. The molecule has 0 spiro atoms. The number of rotatable bonds is 6. The predicted octanol–water partition coefficient (Wildman–Crippen LogP) is 23.2. The third-order valence-corrected chi connectivity index (χ3v) is 19.9. The quantitative estimate of drug-likeness (QED) is 0.153. The van der Waals surface area contributed by atoms with Crippen LogP contribution in [0, 0.1) is 0 Å². The Labute approximate surface area is 542 Å². The number of hydrogen-bond acceptors (Lipinski definition) is 8. The van der Waals surface area contributed by atoms with Crippen LogP contribution in [0.3, 0.4) is 0 Å². The van der Waals surface area contributed by atoms with Crippen LogP contribution in [0.2, 0.25) is 0 Å². The summed E-state index contributed by atoms with van der Waals surface area (Å²) in [5, 5.41) is 24.2. The minimum atomic E-state index is 0.578. The normalized spacial score (nSPS) is 11.8. The van der Waals surface area contributed by atoms with Crippen LogP contribution in [0.1, 0.15) is 0 Å². The minimum absolute atomic E-state index is 0.578. The summed E-state index contributed by atoms with van der Waals surface area (Å²) in [6.45, 7) is 0. The Kier molecular flexibility index (Phi) is 12.3. The van der Waals surface area contributed by atoms with E-state index in [2.05, 4.69) is 224 Å². The van der Waals surface area contributed by atoms with E-state index < -0.39 is 0 Å². The maximum absolute atomic E-state index is 6.41. The maximum Gasteiger partial charge on any atom is 0.167 e. The third-order valence-electron chi connectivity index (χ3n) is 18.7. The predicted molar refractivity (Wildman–Crippen MR) is 392 cm³/mol. The summed E-state index contributed by atoms with van der Waals surface area (Å²) in [5.74, 6) is 3.84. The van der Waals surface area contributed by atoms with Crippen molar-refractivity contribution in [2.45, 2.75) is 0 Å². The molecule has 20 rings (SSSR count). The van der Waals surface area contributed by atoms with Crippen molar-refractivity contribution in [3.05, 3.63) is 303 Å². The molecule has 436 valence electrons. The largest absolute Gasteiger partial charge is 0.455 e. The lowest BCUT2D eigenvalue weighted by atomic mass is 9.93. The summed E-state index contributed by atoms with van der Waals surface area (Å²) in [6, 6.07) is 107. The van der Waals surface area contributed by atoms with Gasteiger partial charge in [0.2, 0.25) is 0 Å². The van der Waals surface area contributed by atoms with Gasteiger partial charge >= 0.3 is 0 Å². The number of nitrogens with zero attached hydrogens (tertiary/aromatic N) is 6. The molecule has 0 fully saturated rings. The lowest BCUT2D eigenvalue weighted by molar-refractivity contribution is 0.669. The molecule has 0 aliphatic heterocycles. The topological polar surface area (TPSA) is 90.5 Å². The third kappa shape index (κ3) is 8.72. The van der Waals surface area contributed by atoms with E-state index in [1.54, 1.807) is 11.3 Å². The number of benzene rings is 16. The number of aromatic nitrogens is 6. The minimum Gasteiger partial charge on any atom is -0.455 e. The van der Waals surface area contributed by atoms with Crippen molar-refractivity contribution in [1.82, 2.24) is 29.9 Å². The summed E-state index contributed by atoms with van der Waals surface area (Å²) >= 11 is 1.79. The monoisotopic (exact) mass is 1210 g/mol. The van der Waals surface area contributed by atoms with Gasteiger partial charge in [0.15, 0.2) is 34.9 Å². The molecule has 0 saturated carbocycles. The Hall–Kier alpha value is -12.4. The van der Waals surface area contributed by atoms with Crippen LogP contribution >= 0.6 is 11.3 Å². The fourth-order valence-electron chi connectivity index (χ4n) is 14.2. The Bertz CT molecular complexity index is 6100. The molecule has 0 radical (unpaired) electrons. The Morgan fingerprint density at radius 3 is 1.07 bits per heavy atom. The number of furan rings is 1. The molecular weight excluding hydrogens is 1170 g/mol. The van der Waals surface area contributed by atoms with Crippen molar-refractivity contribution >= 4 is 140 Å². The van der Waals surface area contributed by atoms with E-state index in [4.69, 9.17) is 34.3 Å². The molecule has 8 heteroatoms. The molecule has 16 aromatic carbocycles. The highest BCUT2D eigenvalue weighted by Crippen LogP contribution is 2.44. The Morgan fingerprint density at radius 2 is 0.543 bits per heavy atom. The molecule has 0 bridgehead atoms. The van der Waals surface area contributed by atoms with Crippen LogP contribution in [0.15, 0.2) is 308 Å². The van der Waals surface area contributed by atoms with Crippen molar-refractivity contribution in [2.75, 3.05) is 0 Å². The number of thiophene rings is 1. The van der Waals surface area contributed by atoms with Crippen molar-refractivity contribution in [3.8, 4) is 68.3 Å². The first kappa shape index (κ1) is 53.5. The van der Waals surface area contributed by atoms with Gasteiger partial charge in [-0.15, -0.1) is 11.3 Å². The van der Waals surface area contributed by atoms with Crippen LogP contribution in [-0.4, -0.2) is 29.9 Å². The van der Waals surface area contributed by atoms with Crippen molar-refractivity contribution < 1.29 is 4.42 Å². The zero-order valence-corrected chi connectivity index (χ0v) is 51.2. The van der Waals surface area contributed by atoms with Crippen molar-refractivity contribution in [3.63, 3.8) is 0 Å². The van der Waals surface area contributed by atoms with Gasteiger partial charge in [0.05, 0.1) is 5.56 Å². The Morgan fingerprint density at radius 1 is 0.202 bits per heavy atom. The number of fused-ring (bicyclic) bond motifs is 20. The first-order valence-corrected chi connectivity index (χ1v) is 32.4. The second-order valence-electron chi connectivity index (χ2n) is 23.9. The first-order valence-electron chi connectivity index (χ1n) is 31.6. The van der Waals surface area contributed by atoms with Crippen LogP contribution < -0.4 is 0 Å². The van der Waals surface area contributed by atoms with Crippen LogP contribution in [0.5, 0.6) is 0 Å². The van der Waals surface area contributed by atoms with E-state index in [0.29, 0.717) is 34.9 Å². The van der Waals surface area contributed by atoms with Crippen LogP contribution in [-0.2, 0) is 0 Å². The van der Waals surface area contributed by atoms with Gasteiger partial charge in [0.1, 0.15) is 11.2 Å². The van der Waals surface area contributed by atoms with Gasteiger partial charge in [-0.2, -0.15) is 0 Å². The molecule has 0 atom stereocenters. The molecule has 4 aromatic heterocycles. The molecule has 0 amide bonds. The van der Waals surface area contributed by atoms with Gasteiger partial charge in [-0.05, 0) is 110 Å². The maximum atomic E-state index is 6.41. The summed E-state index contributed by atoms with van der Waals surface area (Å²) < 4.78 is 8.86.